The molecule has 0 amide bonds. The summed E-state index contributed by atoms with van der Waals surface area (Å²) in [4.78, 5) is 2.46. The van der Waals surface area contributed by atoms with Crippen LogP contribution in [-0.2, 0) is 9.47 Å². The maximum absolute atomic E-state index is 6.10. The second-order valence-corrected chi connectivity index (χ2v) is 6.63. The lowest BCUT2D eigenvalue weighted by atomic mass is 9.94. The molecule has 4 nitrogen and oxygen atoms in total. The Bertz CT molecular complexity index is 273. The largest absolute Gasteiger partial charge is 0.379 e. The van der Waals surface area contributed by atoms with Crippen LogP contribution in [0.1, 0.15) is 34.1 Å². The summed E-state index contributed by atoms with van der Waals surface area (Å²) in [6.07, 6.45) is 1.09. The first-order valence-electron chi connectivity index (χ1n) is 7.13. The van der Waals surface area contributed by atoms with Crippen molar-refractivity contribution in [2.24, 2.45) is 0 Å². The molecule has 2 heterocycles. The average molecular weight is 256 g/mol. The van der Waals surface area contributed by atoms with Crippen LogP contribution in [0.25, 0.3) is 0 Å². The van der Waals surface area contributed by atoms with Gasteiger partial charge in [0.15, 0.2) is 0 Å². The standard InChI is InChI=1S/C14H28N2O2/c1-13(2)11-12(14(3,4)18-13)15-5-6-16-7-9-17-10-8-16/h12,15H,5-11H2,1-4H3. The van der Waals surface area contributed by atoms with Crippen LogP contribution in [0.15, 0.2) is 0 Å². The van der Waals surface area contributed by atoms with Crippen molar-refractivity contribution < 1.29 is 9.47 Å². The third kappa shape index (κ3) is 3.67. The highest BCUT2D eigenvalue weighted by Gasteiger charge is 2.45. The normalized spacial score (nSPS) is 31.7. The van der Waals surface area contributed by atoms with E-state index >= 15 is 0 Å². The van der Waals surface area contributed by atoms with Crippen LogP contribution in [0.5, 0.6) is 0 Å². The molecule has 2 fully saturated rings. The minimum Gasteiger partial charge on any atom is -0.379 e. The molecule has 2 aliphatic heterocycles. The summed E-state index contributed by atoms with van der Waals surface area (Å²) in [6.45, 7) is 14.8. The molecule has 2 aliphatic rings. The Hall–Kier alpha value is -0.160. The fourth-order valence-corrected chi connectivity index (χ4v) is 3.10. The zero-order valence-electron chi connectivity index (χ0n) is 12.3. The molecule has 0 aromatic heterocycles. The van der Waals surface area contributed by atoms with Crippen molar-refractivity contribution in [3.63, 3.8) is 0 Å². The Labute approximate surface area is 111 Å². The number of morpholine rings is 1. The Morgan fingerprint density at radius 3 is 2.39 bits per heavy atom. The van der Waals surface area contributed by atoms with Gasteiger partial charge >= 0.3 is 0 Å². The lowest BCUT2D eigenvalue weighted by Gasteiger charge is -2.30. The van der Waals surface area contributed by atoms with Crippen molar-refractivity contribution in [1.29, 1.82) is 0 Å². The SMILES string of the molecule is CC1(C)CC(NCCN2CCOCC2)C(C)(C)O1. The maximum Gasteiger partial charge on any atom is 0.0787 e. The number of rotatable bonds is 4. The predicted molar refractivity (Wildman–Crippen MR) is 72.9 cm³/mol. The summed E-state index contributed by atoms with van der Waals surface area (Å²) in [7, 11) is 0. The molecule has 4 heteroatoms. The molecule has 0 bridgehead atoms. The number of hydrogen-bond acceptors (Lipinski definition) is 4. The smallest absolute Gasteiger partial charge is 0.0787 e. The molecular weight excluding hydrogens is 228 g/mol. The van der Waals surface area contributed by atoms with E-state index in [0.29, 0.717) is 6.04 Å². The van der Waals surface area contributed by atoms with Crippen molar-refractivity contribution in [3.8, 4) is 0 Å². The van der Waals surface area contributed by atoms with E-state index in [9.17, 15) is 0 Å². The van der Waals surface area contributed by atoms with E-state index in [2.05, 4.69) is 37.9 Å². The molecule has 106 valence electrons. The molecule has 0 radical (unpaired) electrons. The molecule has 2 saturated heterocycles. The van der Waals surface area contributed by atoms with E-state index in [0.717, 1.165) is 45.8 Å². The zero-order chi connectivity index (χ0) is 13.2. The molecule has 18 heavy (non-hydrogen) atoms. The zero-order valence-corrected chi connectivity index (χ0v) is 12.3. The fourth-order valence-electron chi connectivity index (χ4n) is 3.10. The van der Waals surface area contributed by atoms with Gasteiger partial charge in [-0.15, -0.1) is 0 Å². The highest BCUT2D eigenvalue weighted by molar-refractivity contribution is 4.98. The van der Waals surface area contributed by atoms with Gasteiger partial charge in [-0.05, 0) is 34.1 Å². The lowest BCUT2D eigenvalue weighted by Crippen LogP contribution is -2.47. The fraction of sp³-hybridized carbons (Fsp3) is 1.00. The molecule has 0 spiro atoms. The molecule has 2 rings (SSSR count). The summed E-state index contributed by atoms with van der Waals surface area (Å²) in [5.74, 6) is 0. The van der Waals surface area contributed by atoms with Gasteiger partial charge in [0.2, 0.25) is 0 Å². The molecular formula is C14H28N2O2. The highest BCUT2D eigenvalue weighted by atomic mass is 16.5. The molecule has 0 aromatic rings. The van der Waals surface area contributed by atoms with Crippen molar-refractivity contribution in [3.05, 3.63) is 0 Å². The van der Waals surface area contributed by atoms with Gasteiger partial charge in [0, 0.05) is 32.2 Å². The highest BCUT2D eigenvalue weighted by Crippen LogP contribution is 2.37. The van der Waals surface area contributed by atoms with Crippen LogP contribution < -0.4 is 5.32 Å². The van der Waals surface area contributed by atoms with E-state index in [4.69, 9.17) is 9.47 Å². The second kappa shape index (κ2) is 5.45. The monoisotopic (exact) mass is 256 g/mol. The van der Waals surface area contributed by atoms with Gasteiger partial charge in [-0.1, -0.05) is 0 Å². The van der Waals surface area contributed by atoms with E-state index in [1.54, 1.807) is 0 Å². The molecule has 1 unspecified atom stereocenters. The lowest BCUT2D eigenvalue weighted by molar-refractivity contribution is -0.0699. The number of nitrogens with zero attached hydrogens (tertiary/aromatic N) is 1. The van der Waals surface area contributed by atoms with Gasteiger partial charge in [-0.25, -0.2) is 0 Å². The van der Waals surface area contributed by atoms with E-state index in [-0.39, 0.29) is 11.2 Å². The molecule has 0 aliphatic carbocycles. The molecule has 1 N–H and O–H groups in total. The van der Waals surface area contributed by atoms with E-state index < -0.39 is 0 Å². The van der Waals surface area contributed by atoms with Crippen molar-refractivity contribution in [2.45, 2.75) is 51.4 Å². The summed E-state index contributed by atoms with van der Waals surface area (Å²) >= 11 is 0. The Balaban J connectivity index is 1.73. The topological polar surface area (TPSA) is 33.7 Å². The maximum atomic E-state index is 6.10. The Kier molecular flexibility index (Phi) is 4.32. The van der Waals surface area contributed by atoms with Gasteiger partial charge in [0.05, 0.1) is 24.4 Å². The second-order valence-electron chi connectivity index (χ2n) is 6.63. The van der Waals surface area contributed by atoms with Gasteiger partial charge < -0.3 is 14.8 Å². The van der Waals surface area contributed by atoms with Gasteiger partial charge in [0.1, 0.15) is 0 Å². The third-order valence-electron chi connectivity index (χ3n) is 4.00. The average Bonchev–Trinajstić information content (AvgIpc) is 2.48. The number of hydrogen-bond donors (Lipinski definition) is 1. The van der Waals surface area contributed by atoms with Crippen LogP contribution in [-0.4, -0.2) is 61.5 Å². The first-order valence-corrected chi connectivity index (χ1v) is 7.13. The van der Waals surface area contributed by atoms with Crippen molar-refractivity contribution >= 4 is 0 Å². The summed E-state index contributed by atoms with van der Waals surface area (Å²) in [6, 6.07) is 0.452. The van der Waals surface area contributed by atoms with Crippen LogP contribution in [0.2, 0.25) is 0 Å². The van der Waals surface area contributed by atoms with Crippen LogP contribution in [0.4, 0.5) is 0 Å². The van der Waals surface area contributed by atoms with Crippen molar-refractivity contribution in [2.75, 3.05) is 39.4 Å². The minimum atomic E-state index is -0.0610. The van der Waals surface area contributed by atoms with Gasteiger partial charge in [0.25, 0.3) is 0 Å². The van der Waals surface area contributed by atoms with Crippen molar-refractivity contribution in [1.82, 2.24) is 10.2 Å². The molecule has 0 aromatic carbocycles. The van der Waals surface area contributed by atoms with Crippen LogP contribution in [0, 0.1) is 0 Å². The van der Waals surface area contributed by atoms with Gasteiger partial charge in [-0.3, -0.25) is 4.90 Å². The first kappa shape index (κ1) is 14.3. The summed E-state index contributed by atoms with van der Waals surface area (Å²) in [5, 5.41) is 3.67. The predicted octanol–water partition coefficient (Wildman–Crippen LogP) is 1.25. The Morgan fingerprint density at radius 2 is 1.83 bits per heavy atom. The van der Waals surface area contributed by atoms with E-state index in [1.165, 1.54) is 0 Å². The molecule has 0 saturated carbocycles. The number of nitrogens with one attached hydrogen (secondary N) is 1. The number of ether oxygens (including phenoxy) is 2. The molecule has 1 atom stereocenters. The Morgan fingerprint density at radius 1 is 1.17 bits per heavy atom. The van der Waals surface area contributed by atoms with Crippen LogP contribution in [0.3, 0.4) is 0 Å². The van der Waals surface area contributed by atoms with Gasteiger partial charge in [-0.2, -0.15) is 0 Å². The summed E-state index contributed by atoms with van der Waals surface area (Å²) in [5.41, 5.74) is -0.0609. The first-order chi connectivity index (χ1) is 8.39. The quantitative estimate of drug-likeness (QED) is 0.821. The van der Waals surface area contributed by atoms with E-state index in [1.807, 2.05) is 0 Å². The third-order valence-corrected chi connectivity index (χ3v) is 4.00. The minimum absolute atomic E-state index is 0.000130. The summed E-state index contributed by atoms with van der Waals surface area (Å²) < 4.78 is 11.5. The van der Waals surface area contributed by atoms with Crippen LogP contribution >= 0.6 is 0 Å².